The van der Waals surface area contributed by atoms with Crippen molar-refractivity contribution in [1.29, 1.82) is 0 Å². The fraction of sp³-hybridized carbons (Fsp3) is 0.450. The number of hydrogen-bond acceptors (Lipinski definition) is 4. The lowest BCUT2D eigenvalue weighted by Crippen LogP contribution is -2.43. The van der Waals surface area contributed by atoms with Gasteiger partial charge in [0.25, 0.3) is 0 Å². The van der Waals surface area contributed by atoms with Crippen LogP contribution < -0.4 is 10.2 Å². The smallest absolute Gasteiger partial charge is 0.225 e. The number of hydrogen-bond donors (Lipinski definition) is 1. The second-order valence-corrected chi connectivity index (χ2v) is 6.94. The Bertz CT molecular complexity index is 722. The van der Waals surface area contributed by atoms with E-state index in [-0.39, 0.29) is 11.8 Å². The highest BCUT2D eigenvalue weighted by Gasteiger charge is 2.27. The predicted molar refractivity (Wildman–Crippen MR) is 99.5 cm³/mol. The fourth-order valence-electron chi connectivity index (χ4n) is 3.26. The Morgan fingerprint density at radius 3 is 2.52 bits per heavy atom. The van der Waals surface area contributed by atoms with Gasteiger partial charge in [-0.05, 0) is 45.2 Å². The summed E-state index contributed by atoms with van der Waals surface area (Å²) in [6, 6.07) is 10.2. The Kier molecular flexibility index (Phi) is 5.31. The molecule has 1 aromatic heterocycles. The van der Waals surface area contributed by atoms with Crippen molar-refractivity contribution in [3.63, 3.8) is 0 Å². The lowest BCUT2D eigenvalue weighted by molar-refractivity contribution is -0.125. The predicted octanol–water partition coefficient (Wildman–Crippen LogP) is 2.93. The van der Waals surface area contributed by atoms with Gasteiger partial charge in [0, 0.05) is 31.0 Å². The molecule has 1 saturated heterocycles. The Morgan fingerprint density at radius 1 is 1.16 bits per heavy atom. The van der Waals surface area contributed by atoms with Crippen LogP contribution in [0.15, 0.2) is 30.3 Å². The van der Waals surface area contributed by atoms with Gasteiger partial charge in [-0.2, -0.15) is 0 Å². The van der Waals surface area contributed by atoms with Crippen LogP contribution in [0, 0.1) is 26.7 Å². The monoisotopic (exact) mass is 338 g/mol. The van der Waals surface area contributed by atoms with Crippen LogP contribution in [-0.4, -0.2) is 29.0 Å². The van der Waals surface area contributed by atoms with Gasteiger partial charge in [0.2, 0.25) is 11.9 Å². The van der Waals surface area contributed by atoms with Crippen molar-refractivity contribution in [3.05, 3.63) is 52.8 Å². The van der Waals surface area contributed by atoms with Gasteiger partial charge in [0.1, 0.15) is 0 Å². The average molecular weight is 338 g/mol. The van der Waals surface area contributed by atoms with Gasteiger partial charge in [-0.1, -0.05) is 29.8 Å². The largest absolute Gasteiger partial charge is 0.352 e. The Balaban J connectivity index is 1.60. The molecule has 0 aliphatic carbocycles. The number of carbonyl (C=O) groups excluding carboxylic acids is 1. The number of carbonyl (C=O) groups is 1. The average Bonchev–Trinajstić information content (AvgIpc) is 2.60. The highest BCUT2D eigenvalue weighted by molar-refractivity contribution is 5.79. The summed E-state index contributed by atoms with van der Waals surface area (Å²) in [5.41, 5.74) is 4.29. The first-order valence-electron chi connectivity index (χ1n) is 8.92. The maximum Gasteiger partial charge on any atom is 0.225 e. The molecule has 0 unspecified atom stereocenters. The molecule has 1 N–H and O–H groups in total. The van der Waals surface area contributed by atoms with E-state index in [4.69, 9.17) is 0 Å². The van der Waals surface area contributed by atoms with E-state index in [0.717, 1.165) is 42.3 Å². The van der Waals surface area contributed by atoms with Crippen LogP contribution in [0.25, 0.3) is 0 Å². The minimum absolute atomic E-state index is 0.0105. The zero-order valence-electron chi connectivity index (χ0n) is 15.2. The number of piperidine rings is 1. The van der Waals surface area contributed by atoms with Crippen molar-refractivity contribution in [2.24, 2.45) is 5.92 Å². The molecule has 0 bridgehead atoms. The molecule has 0 radical (unpaired) electrons. The minimum atomic E-state index is -0.0105. The van der Waals surface area contributed by atoms with Gasteiger partial charge in [0.05, 0.1) is 5.92 Å². The first-order chi connectivity index (χ1) is 12.0. The molecule has 1 amide bonds. The number of aromatic nitrogens is 2. The molecule has 5 heteroatoms. The molecule has 25 heavy (non-hydrogen) atoms. The van der Waals surface area contributed by atoms with Crippen LogP contribution in [0.5, 0.6) is 0 Å². The number of rotatable bonds is 4. The summed E-state index contributed by atoms with van der Waals surface area (Å²) in [7, 11) is 0. The van der Waals surface area contributed by atoms with Crippen molar-refractivity contribution < 1.29 is 4.79 Å². The van der Waals surface area contributed by atoms with Crippen molar-refractivity contribution in [1.82, 2.24) is 15.3 Å². The molecular weight excluding hydrogens is 312 g/mol. The van der Waals surface area contributed by atoms with Gasteiger partial charge >= 0.3 is 0 Å². The summed E-state index contributed by atoms with van der Waals surface area (Å²) in [5.74, 6) is 0.854. The quantitative estimate of drug-likeness (QED) is 0.931. The van der Waals surface area contributed by atoms with Crippen LogP contribution >= 0.6 is 0 Å². The van der Waals surface area contributed by atoms with E-state index >= 15 is 0 Å². The van der Waals surface area contributed by atoms with Crippen molar-refractivity contribution in [3.8, 4) is 0 Å². The van der Waals surface area contributed by atoms with Crippen LogP contribution in [0.2, 0.25) is 0 Å². The standard InChI is InChI=1S/C20H26N4O/c1-14-6-8-17(9-7-14)12-21-19(25)18-5-4-10-24(13-18)20-22-15(2)11-16(3)23-20/h6-9,11,18H,4-5,10,12-13H2,1-3H3,(H,21,25)/t18-/m1/s1. The van der Waals surface area contributed by atoms with Gasteiger partial charge < -0.3 is 10.2 Å². The molecule has 1 fully saturated rings. The van der Waals surface area contributed by atoms with Crippen LogP contribution in [0.4, 0.5) is 5.95 Å². The molecule has 0 saturated carbocycles. The summed E-state index contributed by atoms with van der Waals surface area (Å²) >= 11 is 0. The third kappa shape index (κ3) is 4.56. The van der Waals surface area contributed by atoms with Gasteiger partial charge in [-0.15, -0.1) is 0 Å². The number of anilines is 1. The maximum atomic E-state index is 12.6. The topological polar surface area (TPSA) is 58.1 Å². The van der Waals surface area contributed by atoms with Crippen molar-refractivity contribution >= 4 is 11.9 Å². The first kappa shape index (κ1) is 17.4. The van der Waals surface area contributed by atoms with E-state index in [2.05, 4.69) is 51.4 Å². The summed E-state index contributed by atoms with van der Waals surface area (Å²) in [4.78, 5) is 23.8. The lowest BCUT2D eigenvalue weighted by Gasteiger charge is -2.32. The molecule has 1 aliphatic heterocycles. The molecule has 1 aliphatic rings. The van der Waals surface area contributed by atoms with E-state index < -0.39 is 0 Å². The molecule has 5 nitrogen and oxygen atoms in total. The van der Waals surface area contributed by atoms with E-state index in [0.29, 0.717) is 13.1 Å². The SMILES string of the molecule is Cc1ccc(CNC(=O)[C@@H]2CCCN(c3nc(C)cc(C)n3)C2)cc1. The highest BCUT2D eigenvalue weighted by Crippen LogP contribution is 2.21. The van der Waals surface area contributed by atoms with E-state index in [1.165, 1.54) is 5.56 Å². The van der Waals surface area contributed by atoms with Crippen molar-refractivity contribution in [2.75, 3.05) is 18.0 Å². The van der Waals surface area contributed by atoms with Gasteiger partial charge in [0.15, 0.2) is 0 Å². The molecule has 2 heterocycles. The number of nitrogens with one attached hydrogen (secondary N) is 1. The van der Waals surface area contributed by atoms with E-state index in [9.17, 15) is 4.79 Å². The minimum Gasteiger partial charge on any atom is -0.352 e. The molecule has 1 aromatic carbocycles. The summed E-state index contributed by atoms with van der Waals surface area (Å²) < 4.78 is 0. The van der Waals surface area contributed by atoms with Crippen molar-refractivity contribution in [2.45, 2.75) is 40.2 Å². The van der Waals surface area contributed by atoms with E-state index in [1.54, 1.807) is 0 Å². The maximum absolute atomic E-state index is 12.6. The van der Waals surface area contributed by atoms with Gasteiger partial charge in [-0.25, -0.2) is 9.97 Å². The number of aryl methyl sites for hydroxylation is 3. The lowest BCUT2D eigenvalue weighted by atomic mass is 9.97. The Hall–Kier alpha value is -2.43. The molecule has 1 atom stereocenters. The number of amides is 1. The normalized spacial score (nSPS) is 17.4. The van der Waals surface area contributed by atoms with Crippen LogP contribution in [0.1, 0.15) is 35.4 Å². The van der Waals surface area contributed by atoms with Crippen LogP contribution in [-0.2, 0) is 11.3 Å². The van der Waals surface area contributed by atoms with Crippen LogP contribution in [0.3, 0.4) is 0 Å². The third-order valence-corrected chi connectivity index (χ3v) is 4.63. The molecular formula is C20H26N4O. The van der Waals surface area contributed by atoms with Gasteiger partial charge in [-0.3, -0.25) is 4.79 Å². The summed E-state index contributed by atoms with van der Waals surface area (Å²) in [6.07, 6.45) is 1.90. The summed E-state index contributed by atoms with van der Waals surface area (Å²) in [6.45, 7) is 8.19. The number of benzene rings is 1. The zero-order valence-corrected chi connectivity index (χ0v) is 15.2. The van der Waals surface area contributed by atoms with E-state index in [1.807, 2.05) is 19.9 Å². The zero-order chi connectivity index (χ0) is 17.8. The first-order valence-corrected chi connectivity index (χ1v) is 8.92. The molecule has 3 rings (SSSR count). The fourth-order valence-corrected chi connectivity index (χ4v) is 3.26. The Labute approximate surface area is 149 Å². The summed E-state index contributed by atoms with van der Waals surface area (Å²) in [5, 5.41) is 3.08. The second-order valence-electron chi connectivity index (χ2n) is 6.94. The third-order valence-electron chi connectivity index (χ3n) is 4.63. The second kappa shape index (κ2) is 7.64. The number of nitrogens with zero attached hydrogens (tertiary/aromatic N) is 3. The highest BCUT2D eigenvalue weighted by atomic mass is 16.1. The molecule has 0 spiro atoms. The molecule has 132 valence electrons. The molecule has 2 aromatic rings. The Morgan fingerprint density at radius 2 is 1.84 bits per heavy atom.